The molecule has 107 heavy (non-hydrogen) atoms. The number of carbonyl (C=O) groups is 9. The maximum atomic E-state index is 13.8. The van der Waals surface area contributed by atoms with Crippen molar-refractivity contribution in [2.45, 2.75) is 266 Å². The number of aliphatic hydroxyl groups is 10. The Labute approximate surface area is 623 Å². The fourth-order valence-electron chi connectivity index (χ4n) is 12.1. The highest BCUT2D eigenvalue weighted by Crippen LogP contribution is 2.28. The van der Waals surface area contributed by atoms with E-state index in [1.54, 1.807) is 0 Å². The lowest BCUT2D eigenvalue weighted by atomic mass is 9.97. The monoisotopic (exact) mass is 1540 g/mol. The van der Waals surface area contributed by atoms with E-state index < -0.39 is 189 Å². The molecular formula is C68H121N9O30. The Hall–Kier alpha value is -5.61. The van der Waals surface area contributed by atoms with Crippen LogP contribution >= 0.6 is 0 Å². The van der Waals surface area contributed by atoms with E-state index >= 15 is 0 Å². The summed E-state index contributed by atoms with van der Waals surface area (Å²) in [6.07, 6.45) is -11.6. The topological polar surface area (TPSA) is 566 Å². The van der Waals surface area contributed by atoms with Gasteiger partial charge in [0.15, 0.2) is 18.9 Å². The lowest BCUT2D eigenvalue weighted by molar-refractivity contribution is -0.272. The fraction of sp³-hybridized carbons (Fsp3) is 0.868. The Kier molecular flexibility index (Phi) is 44.7. The molecule has 4 saturated heterocycles. The minimum atomic E-state index is -1.54. The number of ether oxygens (including phenoxy) is 11. The molecule has 17 unspecified atom stereocenters. The summed E-state index contributed by atoms with van der Waals surface area (Å²) in [7, 11) is 0. The second-order valence-electron chi connectivity index (χ2n) is 27.6. The molecule has 618 valence electrons. The van der Waals surface area contributed by atoms with E-state index in [-0.39, 0.29) is 130 Å². The van der Waals surface area contributed by atoms with Crippen LogP contribution < -0.4 is 47.9 Å². The Morgan fingerprint density at radius 2 is 0.738 bits per heavy atom. The molecule has 0 aromatic rings. The molecule has 20 atom stereocenters. The highest BCUT2D eigenvalue weighted by molar-refractivity contribution is 5.90. The predicted octanol–water partition coefficient (Wildman–Crippen LogP) is -6.85. The van der Waals surface area contributed by atoms with E-state index in [4.69, 9.17) is 52.1 Å². The largest absolute Gasteiger partial charge is 0.394 e. The Morgan fingerprint density at radius 3 is 1.10 bits per heavy atom. The van der Waals surface area contributed by atoms with Gasteiger partial charge in [-0.25, -0.2) is 0 Å². The number of hydrogen-bond donors (Lipinski definition) is 19. The molecule has 4 aliphatic heterocycles. The van der Waals surface area contributed by atoms with Crippen LogP contribution in [-0.2, 0) is 95.3 Å². The first-order valence-corrected chi connectivity index (χ1v) is 36.9. The van der Waals surface area contributed by atoms with Crippen LogP contribution in [0.25, 0.3) is 0 Å². The molecule has 39 nitrogen and oxygen atoms in total. The fourth-order valence-corrected chi connectivity index (χ4v) is 12.1. The molecule has 0 spiro atoms. The zero-order valence-corrected chi connectivity index (χ0v) is 62.3. The Morgan fingerprint density at radius 1 is 0.402 bits per heavy atom. The van der Waals surface area contributed by atoms with Crippen LogP contribution in [0.15, 0.2) is 0 Å². The first kappa shape index (κ1) is 93.8. The third-order valence-corrected chi connectivity index (χ3v) is 17.6. The first-order valence-electron chi connectivity index (χ1n) is 36.9. The molecule has 4 aliphatic rings. The third-order valence-electron chi connectivity index (χ3n) is 17.6. The molecule has 9 amide bonds. The normalized spacial score (nSPS) is 27.8. The van der Waals surface area contributed by atoms with E-state index in [1.165, 1.54) is 20.8 Å². The maximum absolute atomic E-state index is 13.8. The van der Waals surface area contributed by atoms with E-state index in [9.17, 15) is 94.2 Å². The summed E-state index contributed by atoms with van der Waals surface area (Å²) >= 11 is 0. The molecule has 4 fully saturated rings. The number of aliphatic hydroxyl groups excluding tert-OH is 10. The quantitative estimate of drug-likeness (QED) is 0.0252. The molecule has 4 heterocycles. The van der Waals surface area contributed by atoms with Crippen LogP contribution in [0, 0.1) is 0 Å². The molecule has 0 aromatic carbocycles. The van der Waals surface area contributed by atoms with Gasteiger partial charge in [-0.1, -0.05) is 38.5 Å². The zero-order chi connectivity index (χ0) is 79.0. The molecule has 4 rings (SSSR count). The summed E-state index contributed by atoms with van der Waals surface area (Å²) in [5.74, 6) is -4.89. The molecule has 0 bridgehead atoms. The number of rotatable bonds is 52. The van der Waals surface area contributed by atoms with Crippen LogP contribution in [0.5, 0.6) is 0 Å². The molecule has 0 radical (unpaired) electrons. The van der Waals surface area contributed by atoms with Crippen molar-refractivity contribution < 1.29 is 146 Å². The Bertz CT molecular complexity index is 2640. The van der Waals surface area contributed by atoms with Gasteiger partial charge < -0.3 is 151 Å². The molecule has 0 aliphatic carbocycles. The summed E-state index contributed by atoms with van der Waals surface area (Å²) < 4.78 is 62.4. The zero-order valence-electron chi connectivity index (χ0n) is 62.3. The molecule has 0 saturated carbocycles. The van der Waals surface area contributed by atoms with Gasteiger partial charge in [0, 0.05) is 79.1 Å². The number of nitrogens with one attached hydrogen (secondary N) is 9. The minimum Gasteiger partial charge on any atom is -0.394 e. The standard InChI is InChI=1S/C68H121N9O30/c1-39(82)73-54-60(92)57(89)47(36-79)104-65(54)100-30-27-97-24-21-69-51(86)19-17-43(63(95)70-22-25-98-28-31-101-66-55(74-40(2)83)61(93)58(90)48(37-80)105-66)77-53(88)20-18-44(64(96)71-23-26-99-29-32-102-67-56(75-41(3)84)62(94)59(91)49(38-81)106-67)76-52(87)16-14-12-10-8-7-9-11-13-15-50(85)72-34-42-33-45(46(35-78)103-42)107-68(4,5)6/h42-49,54-62,65-67,78-81,89-94H,7-38H2,1-6H3,(H,69,86)(H,70,95)(H,71,96)(H,72,85)(H,73,82)(H,74,83)(H,75,84)(H,76,87)(H,77,88)/t42-,43?,44?,45+,46-,47?,48?,49?,54?,55?,56?,57?,58?,59?,60?,61?,62?,65?,66?,67?/m1/s1. The molecule has 39 heteroatoms. The van der Waals surface area contributed by atoms with Crippen LogP contribution in [0.4, 0.5) is 0 Å². The first-order chi connectivity index (χ1) is 51.0. The van der Waals surface area contributed by atoms with E-state index in [0.29, 0.717) is 38.6 Å². The van der Waals surface area contributed by atoms with Crippen molar-refractivity contribution >= 4 is 53.2 Å². The second-order valence-corrected chi connectivity index (χ2v) is 27.6. The van der Waals surface area contributed by atoms with Crippen molar-refractivity contribution in [3.8, 4) is 0 Å². The van der Waals surface area contributed by atoms with Crippen molar-refractivity contribution in [3.63, 3.8) is 0 Å². The average Bonchev–Trinajstić information content (AvgIpc) is 1.61. The SMILES string of the molecule is CC(=O)NC1C(OCCOCCNC(=O)CCC(NC(=O)CCC(NC(=O)CCCCCCCCCCC(=O)NC[C@H]2C[C@H](OC(C)(C)C)[C@@H](CO)O2)C(=O)NCCOCCOC2OC(CO)C(O)C(O)C2NC(C)=O)C(=O)NCCOCCOC2OC(CO)C(O)C(O)C2NC(C)=O)OC(CO)C(O)C1O. The van der Waals surface area contributed by atoms with Crippen LogP contribution in [0.2, 0.25) is 0 Å². The van der Waals surface area contributed by atoms with Gasteiger partial charge in [0.05, 0.1) is 104 Å². The van der Waals surface area contributed by atoms with Gasteiger partial charge in [-0.3, -0.25) is 43.2 Å². The number of amides is 9. The maximum Gasteiger partial charge on any atom is 0.242 e. The van der Waals surface area contributed by atoms with Crippen molar-refractivity contribution in [1.82, 2.24) is 47.9 Å². The summed E-state index contributed by atoms with van der Waals surface area (Å²) in [6.45, 7) is 6.38. The average molecular weight is 1540 g/mol. The highest BCUT2D eigenvalue weighted by atomic mass is 16.7. The summed E-state index contributed by atoms with van der Waals surface area (Å²) in [6, 6.07) is -6.17. The minimum absolute atomic E-state index is 0.0226. The van der Waals surface area contributed by atoms with Crippen molar-refractivity contribution in [3.05, 3.63) is 0 Å². The van der Waals surface area contributed by atoms with Gasteiger partial charge in [0.25, 0.3) is 0 Å². The van der Waals surface area contributed by atoms with E-state index in [0.717, 1.165) is 32.1 Å². The lowest BCUT2D eigenvalue weighted by Gasteiger charge is -2.42. The van der Waals surface area contributed by atoms with Crippen molar-refractivity contribution in [2.75, 3.05) is 112 Å². The van der Waals surface area contributed by atoms with Gasteiger partial charge in [-0.15, -0.1) is 0 Å². The van der Waals surface area contributed by atoms with Crippen molar-refractivity contribution in [1.29, 1.82) is 0 Å². The molecule has 19 N–H and O–H groups in total. The summed E-state index contributed by atoms with van der Waals surface area (Å²) in [5.41, 5.74) is -0.404. The van der Waals surface area contributed by atoms with E-state index in [1.807, 2.05) is 20.8 Å². The third kappa shape index (κ3) is 35.5. The van der Waals surface area contributed by atoms with Crippen LogP contribution in [0.3, 0.4) is 0 Å². The Balaban J connectivity index is 1.32. The summed E-state index contributed by atoms with van der Waals surface area (Å²) in [5, 5.41) is 125. The molecular weight excluding hydrogens is 1420 g/mol. The lowest BCUT2D eigenvalue weighted by Crippen LogP contribution is -2.64. The van der Waals surface area contributed by atoms with Crippen LogP contribution in [-0.4, -0.2) is 344 Å². The van der Waals surface area contributed by atoms with Gasteiger partial charge in [0.1, 0.15) is 91.2 Å². The summed E-state index contributed by atoms with van der Waals surface area (Å²) in [4.78, 5) is 116. The van der Waals surface area contributed by atoms with Crippen LogP contribution in [0.1, 0.15) is 138 Å². The van der Waals surface area contributed by atoms with Crippen molar-refractivity contribution in [2.24, 2.45) is 0 Å². The van der Waals surface area contributed by atoms with E-state index in [2.05, 4.69) is 47.9 Å². The second kappa shape index (κ2) is 51.0. The number of unbranched alkanes of at least 4 members (excludes halogenated alkanes) is 7. The van der Waals surface area contributed by atoms with Gasteiger partial charge in [-0.05, 0) is 46.5 Å². The molecule has 0 aromatic heterocycles. The van der Waals surface area contributed by atoms with Gasteiger partial charge >= 0.3 is 0 Å². The van der Waals surface area contributed by atoms with Gasteiger partial charge in [0.2, 0.25) is 53.2 Å². The smallest absolute Gasteiger partial charge is 0.242 e. The van der Waals surface area contributed by atoms with Gasteiger partial charge in [-0.2, -0.15) is 0 Å². The number of carbonyl (C=O) groups excluding carboxylic acids is 9. The predicted molar refractivity (Wildman–Crippen MR) is 372 cm³/mol. The highest BCUT2D eigenvalue weighted by Gasteiger charge is 2.48. The number of hydrogen-bond acceptors (Lipinski definition) is 30.